The van der Waals surface area contributed by atoms with Crippen molar-refractivity contribution in [1.29, 1.82) is 0 Å². The van der Waals surface area contributed by atoms with Crippen LogP contribution in [0.15, 0.2) is 53.1 Å². The van der Waals surface area contributed by atoms with Crippen LogP contribution in [-0.2, 0) is 4.79 Å². The van der Waals surface area contributed by atoms with E-state index >= 15 is 0 Å². The summed E-state index contributed by atoms with van der Waals surface area (Å²) in [7, 11) is 0. The van der Waals surface area contributed by atoms with Gasteiger partial charge in [0.2, 0.25) is 0 Å². The summed E-state index contributed by atoms with van der Waals surface area (Å²) in [6, 6.07) is 10.7. The number of rotatable bonds is 3. The van der Waals surface area contributed by atoms with Crippen molar-refractivity contribution >= 4 is 41.0 Å². The van der Waals surface area contributed by atoms with Crippen molar-refractivity contribution in [3.63, 3.8) is 0 Å². The number of carbonyl (C=O) groups excluding carboxylic acids is 1. The minimum absolute atomic E-state index is 0.0825. The molecular weight excluding hydrogens is 344 g/mol. The molecule has 1 aliphatic rings. The molecule has 3 rings (SSSR count). The largest absolute Gasteiger partial charge is 0.508 e. The molecule has 0 fully saturated rings. The number of phenolic OH excluding ortho intramolecular Hbond substituents is 1. The van der Waals surface area contributed by atoms with Gasteiger partial charge in [-0.3, -0.25) is 4.79 Å². The predicted molar refractivity (Wildman–Crippen MR) is 95.1 cm³/mol. The molecular formula is C18H13ClN2O4. The first-order valence-electron chi connectivity index (χ1n) is 7.30. The maximum Gasteiger partial charge on any atom is 0.337 e. The molecule has 0 atom stereocenters. The molecule has 2 aromatic rings. The number of carbonyl (C=O) groups is 2. The molecule has 2 N–H and O–H groups in total. The van der Waals surface area contributed by atoms with E-state index in [2.05, 4.69) is 5.10 Å². The van der Waals surface area contributed by atoms with E-state index in [1.807, 2.05) is 0 Å². The van der Waals surface area contributed by atoms with Gasteiger partial charge in [-0.15, -0.1) is 0 Å². The van der Waals surface area contributed by atoms with Crippen LogP contribution in [0.25, 0.3) is 6.08 Å². The molecule has 0 saturated carbocycles. The summed E-state index contributed by atoms with van der Waals surface area (Å²) >= 11 is 5.86. The highest BCUT2D eigenvalue weighted by Gasteiger charge is 2.29. The van der Waals surface area contributed by atoms with Crippen LogP contribution >= 0.6 is 11.6 Å². The lowest BCUT2D eigenvalue weighted by Gasteiger charge is -2.13. The van der Waals surface area contributed by atoms with E-state index in [0.29, 0.717) is 22.5 Å². The average Bonchev–Trinajstić information content (AvgIpc) is 2.83. The van der Waals surface area contributed by atoms with Gasteiger partial charge < -0.3 is 10.2 Å². The monoisotopic (exact) mass is 356 g/mol. The Morgan fingerprint density at radius 1 is 1.24 bits per heavy atom. The predicted octanol–water partition coefficient (Wildman–Crippen LogP) is 3.55. The van der Waals surface area contributed by atoms with Crippen LogP contribution < -0.4 is 5.01 Å². The van der Waals surface area contributed by atoms with Gasteiger partial charge in [0.1, 0.15) is 5.75 Å². The number of aromatic hydroxyl groups is 1. The second-order valence-electron chi connectivity index (χ2n) is 5.42. The minimum atomic E-state index is -1.19. The summed E-state index contributed by atoms with van der Waals surface area (Å²) < 4.78 is 0. The number of benzene rings is 2. The van der Waals surface area contributed by atoms with Crippen LogP contribution in [0.1, 0.15) is 22.8 Å². The first-order chi connectivity index (χ1) is 11.9. The molecule has 126 valence electrons. The van der Waals surface area contributed by atoms with Crippen LogP contribution in [0.4, 0.5) is 5.69 Å². The van der Waals surface area contributed by atoms with Gasteiger partial charge in [0.25, 0.3) is 5.91 Å². The summed E-state index contributed by atoms with van der Waals surface area (Å²) in [6.07, 6.45) is 1.62. The second-order valence-corrected chi connectivity index (χ2v) is 5.83. The maximum absolute atomic E-state index is 12.7. The van der Waals surface area contributed by atoms with Crippen molar-refractivity contribution in [3.05, 3.63) is 64.2 Å². The van der Waals surface area contributed by atoms with Crippen molar-refractivity contribution < 1.29 is 19.8 Å². The molecule has 0 spiro atoms. The Morgan fingerprint density at radius 2 is 2.00 bits per heavy atom. The quantitative estimate of drug-likeness (QED) is 0.823. The lowest BCUT2D eigenvalue weighted by atomic mass is 10.1. The molecule has 0 saturated heterocycles. The van der Waals surface area contributed by atoms with Crippen molar-refractivity contribution in [3.8, 4) is 5.75 Å². The van der Waals surface area contributed by atoms with Gasteiger partial charge in [-0.05, 0) is 48.9 Å². The third-order valence-electron chi connectivity index (χ3n) is 3.67. The molecule has 7 heteroatoms. The molecule has 6 nitrogen and oxygen atoms in total. The Morgan fingerprint density at radius 3 is 2.68 bits per heavy atom. The topological polar surface area (TPSA) is 90.2 Å². The summed E-state index contributed by atoms with van der Waals surface area (Å²) in [6.45, 7) is 1.68. The van der Waals surface area contributed by atoms with Crippen molar-refractivity contribution in [2.24, 2.45) is 5.10 Å². The molecule has 1 heterocycles. The first-order valence-corrected chi connectivity index (χ1v) is 7.68. The first kappa shape index (κ1) is 16.7. The SMILES string of the molecule is CC1=NN(c2ccc(Cl)c(C(=O)O)c2)C(=O)/C1=C\c1cccc(O)c1. The zero-order chi connectivity index (χ0) is 18.1. The van der Waals surface area contributed by atoms with E-state index < -0.39 is 5.97 Å². The Balaban J connectivity index is 1.98. The van der Waals surface area contributed by atoms with E-state index in [1.54, 1.807) is 25.1 Å². The molecule has 1 amide bonds. The van der Waals surface area contributed by atoms with Crippen LogP contribution in [0.2, 0.25) is 5.02 Å². The molecule has 0 bridgehead atoms. The smallest absolute Gasteiger partial charge is 0.337 e. The third-order valence-corrected chi connectivity index (χ3v) is 4.00. The second kappa shape index (κ2) is 6.41. The van der Waals surface area contributed by atoms with E-state index in [-0.39, 0.29) is 22.2 Å². The molecule has 0 aromatic heterocycles. The number of anilines is 1. The van der Waals surface area contributed by atoms with Gasteiger partial charge in [0.15, 0.2) is 0 Å². The van der Waals surface area contributed by atoms with Gasteiger partial charge in [-0.25, -0.2) is 4.79 Å². The standard InChI is InChI=1S/C18H13ClN2O4/c1-10-14(8-11-3-2-4-13(22)7-11)17(23)21(20-10)12-5-6-16(19)15(9-12)18(24)25/h2-9,22H,1H3,(H,24,25)/b14-8-. The number of hydrogen-bond donors (Lipinski definition) is 2. The number of nitrogens with zero attached hydrogens (tertiary/aromatic N) is 2. The number of carboxylic acid groups (broad SMARTS) is 1. The number of aromatic carboxylic acids is 1. The lowest BCUT2D eigenvalue weighted by Crippen LogP contribution is -2.21. The highest BCUT2D eigenvalue weighted by Crippen LogP contribution is 2.29. The normalized spacial score (nSPS) is 15.6. The zero-order valence-corrected chi connectivity index (χ0v) is 13.9. The Bertz CT molecular complexity index is 950. The maximum atomic E-state index is 12.7. The van der Waals surface area contributed by atoms with Crippen molar-refractivity contribution in [2.45, 2.75) is 6.92 Å². The fraction of sp³-hybridized carbons (Fsp3) is 0.0556. The van der Waals surface area contributed by atoms with E-state index in [1.165, 1.54) is 30.3 Å². The van der Waals surface area contributed by atoms with Crippen LogP contribution in [0, 0.1) is 0 Å². The van der Waals surface area contributed by atoms with E-state index in [0.717, 1.165) is 5.01 Å². The Kier molecular flexibility index (Phi) is 4.29. The Hall–Kier alpha value is -3.12. The van der Waals surface area contributed by atoms with Crippen LogP contribution in [0.3, 0.4) is 0 Å². The number of phenols is 1. The summed E-state index contributed by atoms with van der Waals surface area (Å²) in [5.74, 6) is -1.48. The summed E-state index contributed by atoms with van der Waals surface area (Å²) in [5, 5.41) is 24.1. The molecule has 0 unspecified atom stereocenters. The molecule has 1 aliphatic heterocycles. The molecule has 2 aromatic carbocycles. The van der Waals surface area contributed by atoms with E-state index in [4.69, 9.17) is 16.7 Å². The summed E-state index contributed by atoms with van der Waals surface area (Å²) in [4.78, 5) is 23.9. The van der Waals surface area contributed by atoms with Gasteiger partial charge in [-0.1, -0.05) is 23.7 Å². The number of carboxylic acids is 1. The van der Waals surface area contributed by atoms with Gasteiger partial charge >= 0.3 is 5.97 Å². The van der Waals surface area contributed by atoms with Crippen molar-refractivity contribution in [2.75, 3.05) is 5.01 Å². The molecule has 0 radical (unpaired) electrons. The van der Waals surface area contributed by atoms with Gasteiger partial charge in [-0.2, -0.15) is 10.1 Å². The number of hydrazone groups is 1. The lowest BCUT2D eigenvalue weighted by molar-refractivity contribution is -0.114. The number of hydrogen-bond acceptors (Lipinski definition) is 4. The minimum Gasteiger partial charge on any atom is -0.508 e. The number of amides is 1. The highest BCUT2D eigenvalue weighted by molar-refractivity contribution is 6.34. The van der Waals surface area contributed by atoms with Crippen LogP contribution in [-0.4, -0.2) is 27.8 Å². The number of halogens is 1. The van der Waals surface area contributed by atoms with E-state index in [9.17, 15) is 14.7 Å². The fourth-order valence-corrected chi connectivity index (χ4v) is 2.65. The van der Waals surface area contributed by atoms with Gasteiger partial charge in [0, 0.05) is 0 Å². The zero-order valence-electron chi connectivity index (χ0n) is 13.1. The Labute approximate surface area is 148 Å². The average molecular weight is 357 g/mol. The highest BCUT2D eigenvalue weighted by atomic mass is 35.5. The van der Waals surface area contributed by atoms with Crippen LogP contribution in [0.5, 0.6) is 5.75 Å². The molecule has 25 heavy (non-hydrogen) atoms. The summed E-state index contributed by atoms with van der Waals surface area (Å²) in [5.41, 5.74) is 1.70. The van der Waals surface area contributed by atoms with Gasteiger partial charge in [0.05, 0.1) is 27.6 Å². The fourth-order valence-electron chi connectivity index (χ4n) is 2.45. The van der Waals surface area contributed by atoms with Crippen molar-refractivity contribution in [1.82, 2.24) is 0 Å². The molecule has 0 aliphatic carbocycles. The third kappa shape index (κ3) is 3.25.